The number of nitrogens with zero attached hydrogens (tertiary/aromatic N) is 1. The summed E-state index contributed by atoms with van der Waals surface area (Å²) in [5.41, 5.74) is 0.870. The van der Waals surface area contributed by atoms with Gasteiger partial charge in [0.05, 0.1) is 6.07 Å². The minimum absolute atomic E-state index is 0.0929. The van der Waals surface area contributed by atoms with Crippen LogP contribution in [0.3, 0.4) is 0 Å². The molecule has 18 heavy (non-hydrogen) atoms. The van der Waals surface area contributed by atoms with Gasteiger partial charge in [0, 0.05) is 10.6 Å². The summed E-state index contributed by atoms with van der Waals surface area (Å²) in [5.74, 6) is -0.224. The minimum Gasteiger partial charge on any atom is -0.350 e. The number of nitrogens with one attached hydrogen (secondary N) is 1. The highest BCUT2D eigenvalue weighted by atomic mass is 35.5. The summed E-state index contributed by atoms with van der Waals surface area (Å²) in [6, 6.07) is 9.53. The maximum Gasteiger partial charge on any atom is 0.234 e. The second-order valence-corrected chi connectivity index (χ2v) is 5.33. The first-order valence-corrected chi connectivity index (χ1v) is 6.23. The molecule has 0 radical (unpaired) electrons. The molecule has 0 unspecified atom stereocenters. The second kappa shape index (κ2) is 6.42. The Labute approximate surface area is 113 Å². The molecule has 0 bridgehead atoms. The van der Waals surface area contributed by atoms with E-state index in [9.17, 15) is 4.79 Å². The van der Waals surface area contributed by atoms with Crippen molar-refractivity contribution in [1.82, 2.24) is 5.32 Å². The minimum atomic E-state index is -0.312. The van der Waals surface area contributed by atoms with Crippen LogP contribution in [0.25, 0.3) is 0 Å². The van der Waals surface area contributed by atoms with Gasteiger partial charge in [-0.1, -0.05) is 23.7 Å². The maximum atomic E-state index is 11.4. The number of carbonyl (C=O) groups is 1. The number of hydrogen-bond donors (Lipinski definition) is 1. The van der Waals surface area contributed by atoms with Crippen LogP contribution >= 0.6 is 11.6 Å². The van der Waals surface area contributed by atoms with Crippen molar-refractivity contribution < 1.29 is 4.79 Å². The van der Waals surface area contributed by atoms with Gasteiger partial charge in [0.25, 0.3) is 0 Å². The molecule has 4 heteroatoms. The summed E-state index contributed by atoms with van der Waals surface area (Å²) in [7, 11) is 0. The number of hydrogen-bond acceptors (Lipinski definition) is 2. The average molecular weight is 265 g/mol. The zero-order valence-electron chi connectivity index (χ0n) is 10.7. The molecule has 1 aromatic carbocycles. The van der Waals surface area contributed by atoms with Crippen molar-refractivity contribution in [2.24, 2.45) is 0 Å². The van der Waals surface area contributed by atoms with Gasteiger partial charge in [-0.3, -0.25) is 4.79 Å². The Morgan fingerprint density at radius 1 is 1.39 bits per heavy atom. The van der Waals surface area contributed by atoms with Crippen LogP contribution in [-0.4, -0.2) is 11.4 Å². The summed E-state index contributed by atoms with van der Waals surface area (Å²) in [4.78, 5) is 11.4. The third-order valence-electron chi connectivity index (χ3n) is 2.67. The average Bonchev–Trinajstić information content (AvgIpc) is 2.28. The lowest BCUT2D eigenvalue weighted by atomic mass is 9.95. The van der Waals surface area contributed by atoms with Crippen LogP contribution in [0, 0.1) is 11.3 Å². The molecule has 0 aromatic heterocycles. The van der Waals surface area contributed by atoms with Gasteiger partial charge >= 0.3 is 0 Å². The topological polar surface area (TPSA) is 52.9 Å². The summed E-state index contributed by atoms with van der Waals surface area (Å²) >= 11 is 5.82. The number of halogens is 1. The maximum absolute atomic E-state index is 11.4. The van der Waals surface area contributed by atoms with Crippen LogP contribution in [0.5, 0.6) is 0 Å². The van der Waals surface area contributed by atoms with Crippen LogP contribution in [0.2, 0.25) is 5.02 Å². The van der Waals surface area contributed by atoms with E-state index in [0.717, 1.165) is 17.9 Å². The fourth-order valence-electron chi connectivity index (χ4n) is 1.66. The highest BCUT2D eigenvalue weighted by Gasteiger charge is 2.19. The Morgan fingerprint density at radius 2 is 2.00 bits per heavy atom. The number of carbonyl (C=O) groups excluding carboxylic acids is 1. The van der Waals surface area contributed by atoms with Gasteiger partial charge in [0.15, 0.2) is 0 Å². The highest BCUT2D eigenvalue weighted by Crippen LogP contribution is 2.16. The smallest absolute Gasteiger partial charge is 0.234 e. The molecule has 1 rings (SSSR count). The van der Waals surface area contributed by atoms with Crippen molar-refractivity contribution in [3.05, 3.63) is 34.9 Å². The van der Waals surface area contributed by atoms with E-state index in [1.54, 1.807) is 0 Å². The quantitative estimate of drug-likeness (QED) is 0.889. The lowest BCUT2D eigenvalue weighted by Gasteiger charge is -2.26. The monoisotopic (exact) mass is 264 g/mol. The largest absolute Gasteiger partial charge is 0.350 e. The number of nitriles is 1. The molecule has 1 amide bonds. The van der Waals surface area contributed by atoms with Crippen LogP contribution in [0.15, 0.2) is 24.3 Å². The third-order valence-corrected chi connectivity index (χ3v) is 2.92. The van der Waals surface area contributed by atoms with E-state index >= 15 is 0 Å². The number of aryl methyl sites for hydroxylation is 1. The highest BCUT2D eigenvalue weighted by molar-refractivity contribution is 6.30. The fourth-order valence-corrected chi connectivity index (χ4v) is 1.79. The van der Waals surface area contributed by atoms with Crippen LogP contribution in [0.4, 0.5) is 0 Å². The molecule has 1 N–H and O–H groups in total. The van der Waals surface area contributed by atoms with Crippen LogP contribution in [-0.2, 0) is 11.2 Å². The van der Waals surface area contributed by atoms with Gasteiger partial charge in [-0.25, -0.2) is 0 Å². The Kier molecular flexibility index (Phi) is 5.18. The van der Waals surface area contributed by atoms with Crippen LogP contribution in [0.1, 0.15) is 32.3 Å². The molecule has 96 valence electrons. The summed E-state index contributed by atoms with van der Waals surface area (Å²) < 4.78 is 0. The van der Waals surface area contributed by atoms with Gasteiger partial charge in [-0.2, -0.15) is 5.26 Å². The van der Waals surface area contributed by atoms with Crippen molar-refractivity contribution >= 4 is 17.5 Å². The third kappa shape index (κ3) is 5.20. The van der Waals surface area contributed by atoms with E-state index in [1.807, 2.05) is 44.2 Å². The molecule has 3 nitrogen and oxygen atoms in total. The van der Waals surface area contributed by atoms with Crippen molar-refractivity contribution in [3.8, 4) is 6.07 Å². The van der Waals surface area contributed by atoms with Crippen LogP contribution < -0.4 is 5.32 Å². The van der Waals surface area contributed by atoms with Gasteiger partial charge < -0.3 is 5.32 Å². The second-order valence-electron chi connectivity index (χ2n) is 4.89. The predicted octanol–water partition coefficient (Wildman–Crippen LogP) is 3.08. The standard InChI is InChI=1S/C14H17ClN2O/c1-14(2,17-13(18)8-10-16)9-7-11-3-5-12(15)6-4-11/h3-6H,7-9H2,1-2H3,(H,17,18). The molecule has 0 aliphatic carbocycles. The van der Waals surface area contributed by atoms with Crippen molar-refractivity contribution in [3.63, 3.8) is 0 Å². The molecule has 0 aliphatic rings. The van der Waals surface area contributed by atoms with E-state index in [0.29, 0.717) is 0 Å². The zero-order chi connectivity index (χ0) is 13.6. The number of benzene rings is 1. The molecule has 0 aliphatic heterocycles. The normalized spacial score (nSPS) is 10.8. The van der Waals surface area contributed by atoms with Crippen molar-refractivity contribution in [1.29, 1.82) is 5.26 Å². The summed E-state index contributed by atoms with van der Waals surface area (Å²) in [5, 5.41) is 12.0. The first kappa shape index (κ1) is 14.5. The summed E-state index contributed by atoms with van der Waals surface area (Å²) in [6.45, 7) is 3.91. The lowest BCUT2D eigenvalue weighted by molar-refractivity contribution is -0.121. The van der Waals surface area contributed by atoms with Gasteiger partial charge in [-0.15, -0.1) is 0 Å². The van der Waals surface area contributed by atoms with Gasteiger partial charge in [0.1, 0.15) is 6.42 Å². The van der Waals surface area contributed by atoms with Crippen molar-refractivity contribution in [2.45, 2.75) is 38.6 Å². The zero-order valence-corrected chi connectivity index (χ0v) is 11.4. The molecular weight excluding hydrogens is 248 g/mol. The Bertz CT molecular complexity index is 446. The fraction of sp³-hybridized carbons (Fsp3) is 0.429. The Balaban J connectivity index is 2.48. The van der Waals surface area contributed by atoms with E-state index in [1.165, 1.54) is 5.56 Å². The van der Waals surface area contributed by atoms with Gasteiger partial charge in [-0.05, 0) is 44.4 Å². The molecule has 0 atom stereocenters. The first-order valence-electron chi connectivity index (χ1n) is 5.85. The molecule has 0 saturated heterocycles. The van der Waals surface area contributed by atoms with E-state index in [4.69, 9.17) is 16.9 Å². The first-order chi connectivity index (χ1) is 8.43. The molecule has 0 saturated carbocycles. The van der Waals surface area contributed by atoms with E-state index < -0.39 is 0 Å². The molecule has 0 heterocycles. The lowest BCUT2D eigenvalue weighted by Crippen LogP contribution is -2.43. The van der Waals surface area contributed by atoms with E-state index in [2.05, 4.69) is 5.32 Å². The number of amides is 1. The Hall–Kier alpha value is -1.53. The molecule has 0 spiro atoms. The number of rotatable bonds is 5. The SMILES string of the molecule is CC(C)(CCc1ccc(Cl)cc1)NC(=O)CC#N. The molecular formula is C14H17ClN2O. The summed E-state index contributed by atoms with van der Waals surface area (Å²) in [6.07, 6.45) is 1.58. The Morgan fingerprint density at radius 3 is 2.56 bits per heavy atom. The van der Waals surface area contributed by atoms with Gasteiger partial charge in [0.2, 0.25) is 5.91 Å². The van der Waals surface area contributed by atoms with E-state index in [-0.39, 0.29) is 17.9 Å². The van der Waals surface area contributed by atoms with Crippen molar-refractivity contribution in [2.75, 3.05) is 0 Å². The molecule has 0 fully saturated rings. The molecule has 1 aromatic rings. The predicted molar refractivity (Wildman–Crippen MR) is 72.2 cm³/mol.